The zero-order valence-electron chi connectivity index (χ0n) is 21.5. The van der Waals surface area contributed by atoms with E-state index in [1.165, 1.54) is 19.1 Å². The van der Waals surface area contributed by atoms with E-state index in [1.807, 2.05) is 20.8 Å². The second-order valence-corrected chi connectivity index (χ2v) is 9.60. The molecule has 6 atom stereocenters. The summed E-state index contributed by atoms with van der Waals surface area (Å²) in [7, 11) is 0. The first-order valence-corrected chi connectivity index (χ1v) is 12.1. The third kappa shape index (κ3) is 9.82. The molecular formula is C25H40N4O7. The van der Waals surface area contributed by atoms with E-state index in [0.29, 0.717) is 12.0 Å². The van der Waals surface area contributed by atoms with E-state index in [4.69, 9.17) is 5.73 Å². The monoisotopic (exact) mass is 508 g/mol. The molecule has 0 aliphatic rings. The second-order valence-electron chi connectivity index (χ2n) is 9.60. The number of aliphatic carboxylic acids is 1. The summed E-state index contributed by atoms with van der Waals surface area (Å²) in [5, 5.41) is 36.4. The number of carboxylic acids is 1. The van der Waals surface area contributed by atoms with E-state index < -0.39 is 54.0 Å². The van der Waals surface area contributed by atoms with Crippen LogP contribution in [0.2, 0.25) is 0 Å². The Bertz CT molecular complexity index is 889. The molecule has 3 amide bonds. The number of aliphatic hydroxyl groups is 1. The van der Waals surface area contributed by atoms with Gasteiger partial charge in [-0.15, -0.1) is 0 Å². The third-order valence-electron chi connectivity index (χ3n) is 5.95. The number of aromatic hydroxyl groups is 1. The number of aliphatic hydroxyl groups excluding tert-OH is 1. The van der Waals surface area contributed by atoms with Gasteiger partial charge in [-0.1, -0.05) is 46.2 Å². The Hall–Kier alpha value is -3.18. The van der Waals surface area contributed by atoms with E-state index in [2.05, 4.69) is 16.0 Å². The minimum atomic E-state index is -1.28. The SMILES string of the molecule is CCC(C)C(NC(=O)C(CC(C)C)NC(=O)C(Cc1ccc(O)cc1)NC(=O)C(N)C(C)O)C(=O)O. The fraction of sp³-hybridized carbons (Fsp3) is 0.600. The minimum Gasteiger partial charge on any atom is -0.508 e. The normalized spacial score (nSPS) is 16.2. The first-order chi connectivity index (χ1) is 16.8. The molecule has 0 saturated heterocycles. The van der Waals surface area contributed by atoms with Gasteiger partial charge in [0.2, 0.25) is 17.7 Å². The van der Waals surface area contributed by atoms with Crippen molar-refractivity contribution in [1.29, 1.82) is 0 Å². The molecule has 0 spiro atoms. The molecule has 0 bridgehead atoms. The number of carboxylic acid groups (broad SMARTS) is 1. The topological polar surface area (TPSA) is 191 Å². The van der Waals surface area contributed by atoms with Gasteiger partial charge in [0.1, 0.15) is 29.9 Å². The van der Waals surface area contributed by atoms with Crippen molar-refractivity contribution in [3.63, 3.8) is 0 Å². The van der Waals surface area contributed by atoms with Gasteiger partial charge in [-0.2, -0.15) is 0 Å². The molecule has 0 aliphatic carbocycles. The molecule has 1 aromatic rings. The molecule has 0 aromatic heterocycles. The summed E-state index contributed by atoms with van der Waals surface area (Å²) in [5.74, 6) is -3.55. The second kappa shape index (κ2) is 14.4. The van der Waals surface area contributed by atoms with Gasteiger partial charge in [0.05, 0.1) is 6.10 Å². The quantitative estimate of drug-likeness (QED) is 0.186. The molecule has 0 saturated carbocycles. The first kappa shape index (κ1) is 30.9. The van der Waals surface area contributed by atoms with E-state index in [0.717, 1.165) is 0 Å². The van der Waals surface area contributed by atoms with Gasteiger partial charge in [0, 0.05) is 6.42 Å². The average molecular weight is 509 g/mol. The van der Waals surface area contributed by atoms with E-state index >= 15 is 0 Å². The van der Waals surface area contributed by atoms with Gasteiger partial charge < -0.3 is 37.0 Å². The first-order valence-electron chi connectivity index (χ1n) is 12.1. The lowest BCUT2D eigenvalue weighted by Crippen LogP contribution is -2.59. The number of nitrogens with two attached hydrogens (primary N) is 1. The maximum atomic E-state index is 13.3. The maximum Gasteiger partial charge on any atom is 0.326 e. The number of carbonyl (C=O) groups excluding carboxylic acids is 3. The fourth-order valence-electron chi connectivity index (χ4n) is 3.48. The molecule has 11 nitrogen and oxygen atoms in total. The molecule has 1 aromatic carbocycles. The average Bonchev–Trinajstić information content (AvgIpc) is 2.80. The lowest BCUT2D eigenvalue weighted by Gasteiger charge is -2.27. The number of hydrogen-bond donors (Lipinski definition) is 7. The summed E-state index contributed by atoms with van der Waals surface area (Å²) in [6.45, 7) is 8.58. The number of phenolic OH excluding ortho intramolecular Hbond substituents is 1. The Morgan fingerprint density at radius 3 is 1.89 bits per heavy atom. The van der Waals surface area contributed by atoms with Crippen molar-refractivity contribution in [3.05, 3.63) is 29.8 Å². The Morgan fingerprint density at radius 2 is 1.42 bits per heavy atom. The molecule has 8 N–H and O–H groups in total. The van der Waals surface area contributed by atoms with Crippen molar-refractivity contribution >= 4 is 23.7 Å². The number of nitrogens with one attached hydrogen (secondary N) is 3. The Balaban J connectivity index is 3.16. The maximum absolute atomic E-state index is 13.3. The lowest BCUT2D eigenvalue weighted by molar-refractivity contribution is -0.144. The molecule has 0 aliphatic heterocycles. The minimum absolute atomic E-state index is 0.0123. The molecular weight excluding hydrogens is 468 g/mol. The van der Waals surface area contributed by atoms with E-state index in [9.17, 15) is 34.5 Å². The summed E-state index contributed by atoms with van der Waals surface area (Å²) in [5.41, 5.74) is 6.33. The Kier molecular flexibility index (Phi) is 12.3. The summed E-state index contributed by atoms with van der Waals surface area (Å²) in [4.78, 5) is 50.5. The van der Waals surface area contributed by atoms with Crippen molar-refractivity contribution in [2.75, 3.05) is 0 Å². The van der Waals surface area contributed by atoms with Crippen LogP contribution in [0.1, 0.15) is 53.0 Å². The zero-order chi connectivity index (χ0) is 27.6. The number of rotatable bonds is 14. The summed E-state index contributed by atoms with van der Waals surface area (Å²) in [6.07, 6.45) is -0.374. The number of carbonyl (C=O) groups is 4. The van der Waals surface area contributed by atoms with Gasteiger partial charge in [-0.25, -0.2) is 4.79 Å². The highest BCUT2D eigenvalue weighted by atomic mass is 16.4. The number of amides is 3. The number of phenols is 1. The molecule has 202 valence electrons. The van der Waals surface area contributed by atoms with Gasteiger partial charge >= 0.3 is 5.97 Å². The van der Waals surface area contributed by atoms with Crippen LogP contribution in [0.3, 0.4) is 0 Å². The van der Waals surface area contributed by atoms with Crippen molar-refractivity contribution in [2.24, 2.45) is 17.6 Å². The van der Waals surface area contributed by atoms with Crippen molar-refractivity contribution in [2.45, 2.75) is 84.2 Å². The predicted octanol–water partition coefficient (Wildman–Crippen LogP) is 0.274. The number of benzene rings is 1. The van der Waals surface area contributed by atoms with Crippen LogP contribution in [0.25, 0.3) is 0 Å². The highest BCUT2D eigenvalue weighted by Crippen LogP contribution is 2.14. The Labute approximate surface area is 211 Å². The van der Waals surface area contributed by atoms with Gasteiger partial charge in [-0.05, 0) is 42.9 Å². The molecule has 0 radical (unpaired) electrons. The van der Waals surface area contributed by atoms with Gasteiger partial charge in [-0.3, -0.25) is 14.4 Å². The smallest absolute Gasteiger partial charge is 0.326 e. The van der Waals surface area contributed by atoms with Crippen molar-refractivity contribution in [1.82, 2.24) is 16.0 Å². The lowest BCUT2D eigenvalue weighted by atomic mass is 9.97. The van der Waals surface area contributed by atoms with Crippen LogP contribution in [0.4, 0.5) is 0 Å². The summed E-state index contributed by atoms with van der Waals surface area (Å²) < 4.78 is 0. The molecule has 0 heterocycles. The van der Waals surface area contributed by atoms with Crippen LogP contribution in [-0.4, -0.2) is 69.3 Å². The molecule has 0 fully saturated rings. The van der Waals surface area contributed by atoms with Crippen LogP contribution in [0.15, 0.2) is 24.3 Å². The fourth-order valence-corrected chi connectivity index (χ4v) is 3.48. The largest absolute Gasteiger partial charge is 0.508 e. The standard InChI is InChI=1S/C25H40N4O7/c1-6-14(4)21(25(35)36)29-23(33)18(11-13(2)3)27-22(32)19(28-24(34)20(26)15(5)30)12-16-7-9-17(31)10-8-16/h7-10,13-15,18-21,30-31H,6,11-12,26H2,1-5H3,(H,27,32)(H,28,34)(H,29,33)(H,35,36). The van der Waals surface area contributed by atoms with E-state index in [1.54, 1.807) is 19.1 Å². The molecule has 6 unspecified atom stereocenters. The van der Waals surface area contributed by atoms with Crippen LogP contribution in [0, 0.1) is 11.8 Å². The molecule has 36 heavy (non-hydrogen) atoms. The van der Waals surface area contributed by atoms with Crippen molar-refractivity contribution < 1.29 is 34.5 Å². The van der Waals surface area contributed by atoms with Gasteiger partial charge in [0.15, 0.2) is 0 Å². The highest BCUT2D eigenvalue weighted by Gasteiger charge is 2.32. The third-order valence-corrected chi connectivity index (χ3v) is 5.95. The number of hydrogen-bond acceptors (Lipinski definition) is 7. The van der Waals surface area contributed by atoms with Crippen LogP contribution >= 0.6 is 0 Å². The van der Waals surface area contributed by atoms with Crippen LogP contribution < -0.4 is 21.7 Å². The van der Waals surface area contributed by atoms with Gasteiger partial charge in [0.25, 0.3) is 0 Å². The zero-order valence-corrected chi connectivity index (χ0v) is 21.5. The van der Waals surface area contributed by atoms with Crippen LogP contribution in [0.5, 0.6) is 5.75 Å². The molecule has 11 heteroatoms. The van der Waals surface area contributed by atoms with E-state index in [-0.39, 0.29) is 30.4 Å². The Morgan fingerprint density at radius 1 is 0.889 bits per heavy atom. The van der Waals surface area contributed by atoms with Crippen LogP contribution in [-0.2, 0) is 25.6 Å². The highest BCUT2D eigenvalue weighted by molar-refractivity contribution is 5.94. The predicted molar refractivity (Wildman–Crippen MR) is 134 cm³/mol. The summed E-state index contributed by atoms with van der Waals surface area (Å²) in [6, 6.07) is 1.43. The summed E-state index contributed by atoms with van der Waals surface area (Å²) >= 11 is 0. The van der Waals surface area contributed by atoms with Crippen molar-refractivity contribution in [3.8, 4) is 5.75 Å². The molecule has 1 rings (SSSR count).